The number of benzene rings is 4. The van der Waals surface area contributed by atoms with Crippen LogP contribution in [0.1, 0.15) is 101 Å². The summed E-state index contributed by atoms with van der Waals surface area (Å²) in [5, 5.41) is 16.7. The third-order valence-electron chi connectivity index (χ3n) is 15.7. The van der Waals surface area contributed by atoms with Crippen LogP contribution in [0.4, 0.5) is 14.4 Å². The molecule has 2 bridgehead atoms. The van der Waals surface area contributed by atoms with Gasteiger partial charge in [-0.15, -0.1) is 0 Å². The predicted octanol–water partition coefficient (Wildman–Crippen LogP) is 8.13. The molecule has 4 fully saturated rings. The van der Waals surface area contributed by atoms with Gasteiger partial charge in [-0.3, -0.25) is 14.4 Å². The van der Waals surface area contributed by atoms with Crippen LogP contribution in [-0.2, 0) is 75.0 Å². The summed E-state index contributed by atoms with van der Waals surface area (Å²) < 4.78 is 53.5. The van der Waals surface area contributed by atoms with Crippen LogP contribution in [0.5, 0.6) is 0 Å². The Hall–Kier alpha value is -7.64. The molecule has 8 rings (SSSR count). The van der Waals surface area contributed by atoms with E-state index < -0.39 is 143 Å². The fraction of sp³-hybridized carbons (Fsp3) is 0.458. The number of ketones is 2. The second-order valence-corrected chi connectivity index (χ2v) is 22.1. The van der Waals surface area contributed by atoms with Crippen molar-refractivity contribution in [2.24, 2.45) is 28.6 Å². The van der Waals surface area contributed by atoms with E-state index in [0.29, 0.717) is 11.1 Å². The molecule has 3 unspecified atom stereocenters. The average Bonchev–Trinajstić information content (AvgIpc) is 3.40. The van der Waals surface area contributed by atoms with Crippen LogP contribution in [0.15, 0.2) is 121 Å². The van der Waals surface area contributed by atoms with E-state index in [-0.39, 0.29) is 30.8 Å². The number of ether oxygens (including phenoxy) is 9. The first-order chi connectivity index (χ1) is 36.9. The number of hydrogen-bond acceptors (Lipinski definition) is 18. The van der Waals surface area contributed by atoms with Gasteiger partial charge in [-0.1, -0.05) is 130 Å². The Bertz CT molecular complexity index is 2880. The number of carbonyl (C=O) groups excluding carboxylic acids is 8. The molecule has 0 radical (unpaired) electrons. The zero-order valence-electron chi connectivity index (χ0n) is 44.7. The van der Waals surface area contributed by atoms with Crippen LogP contribution >= 0.6 is 0 Å². The molecule has 2 N–H and O–H groups in total. The first-order valence-corrected chi connectivity index (χ1v) is 25.8. The number of esters is 3. The van der Waals surface area contributed by atoms with Crippen molar-refractivity contribution >= 4 is 47.9 Å². The molecule has 1 aliphatic heterocycles. The zero-order valence-corrected chi connectivity index (χ0v) is 44.7. The second kappa shape index (κ2) is 22.4. The van der Waals surface area contributed by atoms with Gasteiger partial charge in [0.2, 0.25) is 17.7 Å². The summed E-state index contributed by atoms with van der Waals surface area (Å²) in [4.78, 5) is 116. The molecular weight excluding hydrogens is 1010 g/mol. The van der Waals surface area contributed by atoms with Crippen molar-refractivity contribution in [2.75, 3.05) is 6.61 Å². The van der Waals surface area contributed by atoms with Gasteiger partial charge in [0.15, 0.2) is 5.60 Å². The predicted molar refractivity (Wildman–Crippen MR) is 274 cm³/mol. The largest absolute Gasteiger partial charge is 0.509 e. The van der Waals surface area contributed by atoms with Gasteiger partial charge in [0.05, 0.1) is 23.5 Å². The molecule has 1 amide bonds. The number of fused-ring (bicyclic) bond motifs is 5. The van der Waals surface area contributed by atoms with Crippen molar-refractivity contribution in [1.29, 1.82) is 0 Å². The molecule has 0 spiro atoms. The van der Waals surface area contributed by atoms with E-state index in [2.05, 4.69) is 5.32 Å². The number of aliphatic hydroxyl groups is 1. The molecule has 78 heavy (non-hydrogen) atoms. The molecule has 12 atom stereocenters. The van der Waals surface area contributed by atoms with Gasteiger partial charge < -0.3 is 53.1 Å². The number of alkyl carbamates (subject to hydrolysis) is 1. The lowest BCUT2D eigenvalue weighted by Crippen LogP contribution is -2.83. The third kappa shape index (κ3) is 11.2. The maximum absolute atomic E-state index is 15.8. The van der Waals surface area contributed by atoms with Crippen LogP contribution in [0.2, 0.25) is 0 Å². The average molecular weight is 1080 g/mol. The quantitative estimate of drug-likeness (QED) is 0.0687. The van der Waals surface area contributed by atoms with Crippen LogP contribution in [0.3, 0.4) is 0 Å². The smallest absolute Gasteiger partial charge is 0.459 e. The fourth-order valence-electron chi connectivity index (χ4n) is 11.8. The van der Waals surface area contributed by atoms with E-state index in [0.717, 1.165) is 6.92 Å². The van der Waals surface area contributed by atoms with Crippen molar-refractivity contribution in [3.05, 3.63) is 144 Å². The Kier molecular flexibility index (Phi) is 16.2. The Labute approximate surface area is 451 Å². The van der Waals surface area contributed by atoms with Gasteiger partial charge >= 0.3 is 36.3 Å². The summed E-state index contributed by atoms with van der Waals surface area (Å²) in [7, 11) is 0. The zero-order chi connectivity index (χ0) is 56.4. The fourth-order valence-corrected chi connectivity index (χ4v) is 11.8. The molecule has 19 heteroatoms. The lowest BCUT2D eigenvalue weighted by atomic mass is 9.42. The highest BCUT2D eigenvalue weighted by atomic mass is 16.7. The normalized spacial score (nSPS) is 28.6. The lowest BCUT2D eigenvalue weighted by molar-refractivity contribution is -0.350. The van der Waals surface area contributed by atoms with E-state index >= 15 is 14.4 Å². The number of amides is 1. The molecule has 1 saturated heterocycles. The van der Waals surface area contributed by atoms with E-state index in [9.17, 15) is 29.1 Å². The number of carbonyl (C=O) groups is 8. The lowest BCUT2D eigenvalue weighted by Gasteiger charge is -2.68. The summed E-state index contributed by atoms with van der Waals surface area (Å²) in [5.41, 5.74) is -8.07. The Balaban J connectivity index is 1.24. The first-order valence-electron chi connectivity index (χ1n) is 25.8. The van der Waals surface area contributed by atoms with E-state index in [1.54, 1.807) is 130 Å². The Morgan fingerprint density at radius 1 is 0.756 bits per heavy atom. The van der Waals surface area contributed by atoms with Crippen molar-refractivity contribution in [3.63, 3.8) is 0 Å². The SMILES string of the molecule is CC(=O)O[C@@]12CO[C@@H]1C[C@H](OC(=O)OCc1ccccc1)[C@@]1(C)C(=O)C(=O)C3C(C)[C@@H](OC(=O)[C@H](OC(=O)OCc4ccccc4)[C@@H](NC(=O)OC(C)(C)C)c4ccccc4)C[C@@](O)([C@@H](OC(=O)c4ccccc4)C12)C3(C)C. The van der Waals surface area contributed by atoms with Crippen molar-refractivity contribution < 1.29 is 86.1 Å². The van der Waals surface area contributed by atoms with Gasteiger partial charge in [-0.25, -0.2) is 24.0 Å². The summed E-state index contributed by atoms with van der Waals surface area (Å²) in [6.07, 6.45) is -12.9. The monoisotopic (exact) mass is 1080 g/mol. The highest BCUT2D eigenvalue weighted by Gasteiger charge is 2.80. The minimum atomic E-state index is -2.54. The molecule has 4 aromatic carbocycles. The molecule has 0 aromatic heterocycles. The number of Topliss-reactive ketones (excluding diaryl/α,β-unsaturated/α-hetero) is 2. The summed E-state index contributed by atoms with van der Waals surface area (Å²) in [5.74, 6) is -9.83. The van der Waals surface area contributed by atoms with Crippen molar-refractivity contribution in [1.82, 2.24) is 5.32 Å². The number of rotatable bonds is 14. The highest BCUT2D eigenvalue weighted by molar-refractivity contribution is 6.40. The minimum Gasteiger partial charge on any atom is -0.459 e. The second-order valence-electron chi connectivity index (χ2n) is 22.1. The summed E-state index contributed by atoms with van der Waals surface area (Å²) in [6, 6.07) is 31.5. The van der Waals surface area contributed by atoms with Crippen molar-refractivity contribution in [3.8, 4) is 0 Å². The van der Waals surface area contributed by atoms with E-state index in [4.69, 9.17) is 42.6 Å². The van der Waals surface area contributed by atoms with Gasteiger partial charge in [-0.2, -0.15) is 0 Å². The van der Waals surface area contributed by atoms with Crippen LogP contribution in [0, 0.1) is 28.6 Å². The molecule has 4 aromatic rings. The van der Waals surface area contributed by atoms with Gasteiger partial charge in [0.25, 0.3) is 0 Å². The highest BCUT2D eigenvalue weighted by Crippen LogP contribution is 2.65. The molecule has 19 nitrogen and oxygen atoms in total. The minimum absolute atomic E-state index is 0.00778. The molecule has 3 aliphatic carbocycles. The van der Waals surface area contributed by atoms with Crippen LogP contribution in [-0.4, -0.2) is 107 Å². The first kappa shape index (κ1) is 56.6. The van der Waals surface area contributed by atoms with E-state index in [1.165, 1.54) is 39.8 Å². The maximum atomic E-state index is 15.8. The molecule has 3 saturated carbocycles. The maximum Gasteiger partial charge on any atom is 0.509 e. The topological polar surface area (TPSA) is 252 Å². The van der Waals surface area contributed by atoms with Gasteiger partial charge in [0.1, 0.15) is 54.9 Å². The number of hydrogen-bond donors (Lipinski definition) is 2. The van der Waals surface area contributed by atoms with Crippen LogP contribution < -0.4 is 5.32 Å². The molecule has 414 valence electrons. The summed E-state index contributed by atoms with van der Waals surface area (Å²) >= 11 is 0. The van der Waals surface area contributed by atoms with Gasteiger partial charge in [-0.05, 0) is 56.5 Å². The molecule has 1 heterocycles. The van der Waals surface area contributed by atoms with Gasteiger partial charge in [0, 0.05) is 37.0 Å². The third-order valence-corrected chi connectivity index (χ3v) is 15.7. The van der Waals surface area contributed by atoms with Crippen molar-refractivity contribution in [2.45, 2.75) is 135 Å². The Morgan fingerprint density at radius 3 is 1.85 bits per heavy atom. The number of nitrogens with one attached hydrogen (secondary N) is 1. The van der Waals surface area contributed by atoms with E-state index in [1.807, 2.05) is 0 Å². The molecule has 4 aliphatic rings. The molecular formula is C59H65NO18. The Morgan fingerprint density at radius 2 is 1.31 bits per heavy atom. The summed E-state index contributed by atoms with van der Waals surface area (Å²) in [6.45, 7) is 11.0. The van der Waals surface area contributed by atoms with Crippen LogP contribution in [0.25, 0.3) is 0 Å². The standard InChI is InChI=1S/C59H65NO18/c1-34-40(73-51(65)46(75-54(68)71-32-37-23-15-10-16-24-37)44(38-25-17-11-18-26-38)60-52(66)78-55(3,4)5)30-59(69)49(76-50(64)39-27-19-12-20-28-39)47-57(8,48(63)45(62)43(34)56(59,6)7)41(29-42-58(47,33-72-42)77-35(2)61)74-53(67)70-31-36-21-13-9-14-22-36/h9-28,34,40-44,46-47,49,69H,29-33H2,1-8H3,(H,60,66)/t34?,40-,41-,42+,43?,44-,46+,47?,49-,57+,58-,59+/m0/s1.